The molecule has 2 aliphatic carbocycles. The monoisotopic (exact) mass is 554 g/mol. The molecule has 0 radical (unpaired) electrons. The van der Waals surface area contributed by atoms with E-state index in [0.29, 0.717) is 3.12 Å². The van der Waals surface area contributed by atoms with Gasteiger partial charge in [-0.15, -0.1) is 0 Å². The van der Waals surface area contributed by atoms with Crippen LogP contribution in [0.3, 0.4) is 0 Å². The van der Waals surface area contributed by atoms with Crippen LogP contribution in [0.2, 0.25) is 3.12 Å². The van der Waals surface area contributed by atoms with Crippen LogP contribution in [0.1, 0.15) is 69.6 Å². The number of benzene rings is 1. The Hall–Kier alpha value is 0.283. The van der Waals surface area contributed by atoms with E-state index >= 15 is 0 Å². The second kappa shape index (κ2) is 9.19. The summed E-state index contributed by atoms with van der Waals surface area (Å²) in [4.78, 5) is 0. The minimum Gasteiger partial charge on any atom is -1.00 e. The van der Waals surface area contributed by atoms with Crippen LogP contribution in [-0.4, -0.2) is 0 Å². The molecule has 0 saturated heterocycles. The average molecular weight is 558 g/mol. The fraction of sp³-hybridized carbons (Fsp3) is 0.478. The SMILES string of the molecule is CC1=C(C)[C](C)([Zr+2][CH]2C(CC(C)C)=Cc3ccccc32)C(C)=C1C.[Br-].[Br-]. The van der Waals surface area contributed by atoms with Crippen molar-refractivity contribution in [3.8, 4) is 0 Å². The fourth-order valence-electron chi connectivity index (χ4n) is 4.31. The smallest absolute Gasteiger partial charge is 1.00 e. The molecule has 0 heterocycles. The van der Waals surface area contributed by atoms with Crippen molar-refractivity contribution in [1.29, 1.82) is 0 Å². The van der Waals surface area contributed by atoms with Crippen LogP contribution in [0, 0.1) is 5.92 Å². The van der Waals surface area contributed by atoms with E-state index in [-0.39, 0.29) is 34.0 Å². The predicted molar refractivity (Wildman–Crippen MR) is 102 cm³/mol. The van der Waals surface area contributed by atoms with Crippen molar-refractivity contribution in [3.05, 3.63) is 63.3 Å². The standard InChI is InChI=1S/C13H15.C10H15.2BrH.Zr/c1-10(2)7-11-8-12-5-3-4-6-13(12)9-11;1-6-7(2)9(4)10(5)8(6)3;;;/h3-6,8-10H,7H2,1-2H3;1-5H3;2*1H;/q;;;;+2/p-2. The third-order valence-corrected chi connectivity index (χ3v) is 11.9. The zero-order valence-electron chi connectivity index (χ0n) is 17.0. The van der Waals surface area contributed by atoms with Gasteiger partial charge >= 0.3 is 160 Å². The van der Waals surface area contributed by atoms with E-state index < -0.39 is 23.2 Å². The molecule has 0 saturated carbocycles. The van der Waals surface area contributed by atoms with Gasteiger partial charge in [0, 0.05) is 0 Å². The molecule has 26 heavy (non-hydrogen) atoms. The summed E-state index contributed by atoms with van der Waals surface area (Å²) < 4.78 is 1.11. The van der Waals surface area contributed by atoms with Gasteiger partial charge in [0.1, 0.15) is 0 Å². The number of hydrogen-bond acceptors (Lipinski definition) is 0. The van der Waals surface area contributed by atoms with Crippen molar-refractivity contribution in [1.82, 2.24) is 0 Å². The van der Waals surface area contributed by atoms with Crippen LogP contribution in [0.25, 0.3) is 6.08 Å². The maximum Gasteiger partial charge on any atom is -1.00 e. The van der Waals surface area contributed by atoms with Gasteiger partial charge in [-0.3, -0.25) is 0 Å². The summed E-state index contributed by atoms with van der Waals surface area (Å²) in [6.45, 7) is 16.7. The number of rotatable bonds is 4. The topological polar surface area (TPSA) is 0 Å². The largest absolute Gasteiger partial charge is 1.00 e. The van der Waals surface area contributed by atoms with Gasteiger partial charge in [-0.25, -0.2) is 0 Å². The summed E-state index contributed by atoms with van der Waals surface area (Å²) in [5, 5.41) is 0. The summed E-state index contributed by atoms with van der Waals surface area (Å²) >= 11 is -0.727. The van der Waals surface area contributed by atoms with Gasteiger partial charge in [-0.1, -0.05) is 0 Å². The number of fused-ring (bicyclic) bond motifs is 1. The van der Waals surface area contributed by atoms with Gasteiger partial charge in [0.15, 0.2) is 0 Å². The van der Waals surface area contributed by atoms with E-state index in [9.17, 15) is 0 Å². The Balaban J connectivity index is 0.00000169. The Morgan fingerprint density at radius 1 is 0.962 bits per heavy atom. The molecular weight excluding hydrogens is 527 g/mol. The second-order valence-corrected chi connectivity index (χ2v) is 12.7. The molecule has 2 aliphatic rings. The van der Waals surface area contributed by atoms with Gasteiger partial charge in [-0.05, 0) is 0 Å². The van der Waals surface area contributed by atoms with Crippen LogP contribution in [-0.2, 0) is 23.2 Å². The summed E-state index contributed by atoms with van der Waals surface area (Å²) in [7, 11) is 0. The van der Waals surface area contributed by atoms with Gasteiger partial charge < -0.3 is 34.0 Å². The molecule has 0 spiro atoms. The Morgan fingerprint density at radius 2 is 1.50 bits per heavy atom. The van der Waals surface area contributed by atoms with Gasteiger partial charge in [0.2, 0.25) is 0 Å². The summed E-state index contributed by atoms with van der Waals surface area (Å²) in [5.41, 5.74) is 11.2. The van der Waals surface area contributed by atoms with Crippen molar-refractivity contribution < 1.29 is 57.2 Å². The molecular formula is C23H30Br2Zr. The van der Waals surface area contributed by atoms with E-state index in [4.69, 9.17) is 0 Å². The van der Waals surface area contributed by atoms with E-state index in [2.05, 4.69) is 78.8 Å². The summed E-state index contributed by atoms with van der Waals surface area (Å²) in [5.74, 6) is 0.737. The number of hydrogen-bond donors (Lipinski definition) is 0. The molecule has 0 aliphatic heterocycles. The van der Waals surface area contributed by atoms with Crippen LogP contribution < -0.4 is 34.0 Å². The summed E-state index contributed by atoms with van der Waals surface area (Å²) in [6, 6.07) is 9.13. The van der Waals surface area contributed by atoms with Crippen molar-refractivity contribution >= 4 is 6.08 Å². The number of allylic oxidation sites excluding steroid dienone is 5. The molecule has 0 fully saturated rings. The zero-order chi connectivity index (χ0) is 17.6. The third-order valence-electron chi connectivity index (χ3n) is 6.28. The van der Waals surface area contributed by atoms with Crippen LogP contribution in [0.5, 0.6) is 0 Å². The third kappa shape index (κ3) is 4.16. The molecule has 0 nitrogen and oxygen atoms in total. The van der Waals surface area contributed by atoms with Crippen LogP contribution >= 0.6 is 0 Å². The molecule has 140 valence electrons. The molecule has 1 unspecified atom stereocenters. The molecule has 1 atom stereocenters. The Morgan fingerprint density at radius 3 is 2.04 bits per heavy atom. The van der Waals surface area contributed by atoms with Crippen LogP contribution in [0.15, 0.2) is 52.1 Å². The molecule has 0 bridgehead atoms. The predicted octanol–water partition coefficient (Wildman–Crippen LogP) is 1.13. The van der Waals surface area contributed by atoms with Gasteiger partial charge in [0.05, 0.1) is 0 Å². The maximum atomic E-state index is 2.54. The minimum atomic E-state index is -0.727. The van der Waals surface area contributed by atoms with E-state index in [1.807, 2.05) is 0 Å². The fourth-order valence-corrected chi connectivity index (χ4v) is 9.69. The number of halogens is 2. The first-order valence-electron chi connectivity index (χ1n) is 9.19. The van der Waals surface area contributed by atoms with Crippen molar-refractivity contribution in [3.63, 3.8) is 0 Å². The Labute approximate surface area is 192 Å². The Kier molecular flexibility index (Phi) is 8.59. The summed E-state index contributed by atoms with van der Waals surface area (Å²) in [6.07, 6.45) is 3.76. The molecule has 1 aromatic carbocycles. The molecule has 3 heteroatoms. The van der Waals surface area contributed by atoms with E-state index in [1.165, 1.54) is 12.0 Å². The molecule has 0 aromatic heterocycles. The zero-order valence-corrected chi connectivity index (χ0v) is 22.6. The van der Waals surface area contributed by atoms with E-state index in [1.54, 1.807) is 33.4 Å². The molecule has 3 rings (SSSR count). The average Bonchev–Trinajstić information content (AvgIpc) is 2.94. The first-order chi connectivity index (χ1) is 11.3. The quantitative estimate of drug-likeness (QED) is 0.521. The van der Waals surface area contributed by atoms with Crippen molar-refractivity contribution in [2.24, 2.45) is 5.92 Å². The normalized spacial score (nSPS) is 20.5. The minimum absolute atomic E-state index is 0. The Bertz CT molecular complexity index is 744. The maximum absolute atomic E-state index is 2.54. The molecule has 0 N–H and O–H groups in total. The molecule has 1 aromatic rings. The molecule has 0 amide bonds. The van der Waals surface area contributed by atoms with Crippen molar-refractivity contribution in [2.45, 2.75) is 61.6 Å². The van der Waals surface area contributed by atoms with Crippen molar-refractivity contribution in [2.75, 3.05) is 0 Å². The van der Waals surface area contributed by atoms with E-state index in [0.717, 1.165) is 9.54 Å². The van der Waals surface area contributed by atoms with Crippen LogP contribution in [0.4, 0.5) is 0 Å². The van der Waals surface area contributed by atoms with Gasteiger partial charge in [-0.2, -0.15) is 0 Å². The first kappa shape index (κ1) is 24.3. The second-order valence-electron chi connectivity index (χ2n) is 8.15. The van der Waals surface area contributed by atoms with Gasteiger partial charge in [0.25, 0.3) is 0 Å². The first-order valence-corrected chi connectivity index (χ1v) is 11.8.